The Balaban J connectivity index is 2.11. The van der Waals surface area contributed by atoms with Crippen LogP contribution in [-0.2, 0) is 6.54 Å². The molecular weight excluding hydrogens is 302 g/mol. The molecule has 19 heavy (non-hydrogen) atoms. The van der Waals surface area contributed by atoms with E-state index in [1.165, 1.54) is 4.88 Å². The van der Waals surface area contributed by atoms with E-state index in [9.17, 15) is 4.79 Å². The second-order valence-electron chi connectivity index (χ2n) is 4.19. The third kappa shape index (κ3) is 2.20. The number of fused-ring (bicyclic) bond motifs is 1. The fourth-order valence-corrected chi connectivity index (χ4v) is 3.89. The Bertz CT molecular complexity index is 818. The van der Waals surface area contributed by atoms with Crippen LogP contribution in [0.5, 0.6) is 0 Å². The Labute approximate surface area is 122 Å². The summed E-state index contributed by atoms with van der Waals surface area (Å²) >= 11 is 8.99. The van der Waals surface area contributed by atoms with Gasteiger partial charge in [-0.15, -0.1) is 11.3 Å². The average Bonchev–Trinajstić information content (AvgIpc) is 2.85. The summed E-state index contributed by atoms with van der Waals surface area (Å²) in [6.45, 7) is 4.42. The molecule has 0 spiro atoms. The van der Waals surface area contributed by atoms with Crippen molar-refractivity contribution in [2.24, 2.45) is 0 Å². The van der Waals surface area contributed by atoms with E-state index in [2.05, 4.69) is 9.97 Å². The van der Waals surface area contributed by atoms with E-state index in [1.54, 1.807) is 27.5 Å². The van der Waals surface area contributed by atoms with Gasteiger partial charge in [0.1, 0.15) is 9.98 Å². The molecule has 7 heteroatoms. The molecule has 4 nitrogen and oxygen atoms in total. The van der Waals surface area contributed by atoms with E-state index in [1.807, 2.05) is 13.8 Å². The molecule has 0 saturated heterocycles. The van der Waals surface area contributed by atoms with Crippen molar-refractivity contribution in [2.45, 2.75) is 20.4 Å². The van der Waals surface area contributed by atoms with Gasteiger partial charge >= 0.3 is 4.87 Å². The normalized spacial score (nSPS) is 11.3. The van der Waals surface area contributed by atoms with Crippen molar-refractivity contribution in [3.8, 4) is 0 Å². The molecular formula is C12H10ClN3OS2. The number of nitrogens with zero attached hydrogens (tertiary/aromatic N) is 3. The van der Waals surface area contributed by atoms with Crippen LogP contribution in [0.3, 0.4) is 0 Å². The lowest BCUT2D eigenvalue weighted by atomic mass is 10.2. The van der Waals surface area contributed by atoms with E-state index in [0.717, 1.165) is 27.1 Å². The Kier molecular flexibility index (Phi) is 3.16. The van der Waals surface area contributed by atoms with E-state index >= 15 is 0 Å². The third-order valence-electron chi connectivity index (χ3n) is 2.99. The first-order chi connectivity index (χ1) is 9.06. The number of hydrogen-bond donors (Lipinski definition) is 0. The molecule has 0 saturated carbocycles. The molecule has 3 rings (SSSR count). The van der Waals surface area contributed by atoms with Gasteiger partial charge in [0.2, 0.25) is 0 Å². The topological polar surface area (TPSA) is 47.8 Å². The van der Waals surface area contributed by atoms with E-state index in [0.29, 0.717) is 17.5 Å². The first kappa shape index (κ1) is 12.8. The molecule has 0 N–H and O–H groups in total. The molecule has 0 atom stereocenters. The highest BCUT2D eigenvalue weighted by atomic mass is 35.5. The second-order valence-corrected chi connectivity index (χ2v) is 6.61. The summed E-state index contributed by atoms with van der Waals surface area (Å²) in [4.78, 5) is 22.4. The lowest BCUT2D eigenvalue weighted by Crippen LogP contribution is -2.14. The van der Waals surface area contributed by atoms with Crippen LogP contribution in [-0.4, -0.2) is 14.5 Å². The number of aromatic nitrogens is 3. The van der Waals surface area contributed by atoms with Crippen LogP contribution < -0.4 is 4.87 Å². The first-order valence-corrected chi connectivity index (χ1v) is 7.69. The lowest BCUT2D eigenvalue weighted by Gasteiger charge is -2.02. The van der Waals surface area contributed by atoms with Crippen LogP contribution in [0.1, 0.15) is 16.3 Å². The van der Waals surface area contributed by atoms with Crippen molar-refractivity contribution in [1.29, 1.82) is 0 Å². The predicted octanol–water partition coefficient (Wildman–Crippen LogP) is 3.23. The number of aryl methyl sites for hydroxylation is 2. The third-order valence-corrected chi connectivity index (χ3v) is 5.06. The van der Waals surface area contributed by atoms with Crippen molar-refractivity contribution in [2.75, 3.05) is 0 Å². The van der Waals surface area contributed by atoms with E-state index in [-0.39, 0.29) is 4.87 Å². The number of thiophene rings is 1. The lowest BCUT2D eigenvalue weighted by molar-refractivity contribution is 0.738. The van der Waals surface area contributed by atoms with Crippen LogP contribution in [0, 0.1) is 13.8 Å². The predicted molar refractivity (Wildman–Crippen MR) is 79.6 cm³/mol. The van der Waals surface area contributed by atoms with Gasteiger partial charge in [-0.2, -0.15) is 0 Å². The second kappa shape index (κ2) is 4.70. The molecule has 0 aliphatic carbocycles. The summed E-state index contributed by atoms with van der Waals surface area (Å²) in [5.41, 5.74) is 1.13. The summed E-state index contributed by atoms with van der Waals surface area (Å²) in [6.07, 6.45) is 1.74. The van der Waals surface area contributed by atoms with Crippen molar-refractivity contribution >= 4 is 44.5 Å². The minimum atomic E-state index is -0.0154. The van der Waals surface area contributed by atoms with Gasteiger partial charge in [0.15, 0.2) is 5.82 Å². The van der Waals surface area contributed by atoms with Gasteiger partial charge in [0, 0.05) is 16.5 Å². The highest BCUT2D eigenvalue weighted by Gasteiger charge is 2.13. The first-order valence-electron chi connectivity index (χ1n) is 5.62. The van der Waals surface area contributed by atoms with E-state index in [4.69, 9.17) is 11.6 Å². The number of thiazole rings is 1. The standard InChI is InChI=1S/C12H10ClN3OS2/c1-6-7(2)19-11-9(6)10(13)14-8(15-11)5-16-3-4-18-12(16)17/h3-4H,5H2,1-2H3. The maximum absolute atomic E-state index is 11.5. The fraction of sp³-hybridized carbons (Fsp3) is 0.250. The molecule has 0 bridgehead atoms. The van der Waals surface area contributed by atoms with Crippen LogP contribution in [0.25, 0.3) is 10.2 Å². The molecule has 3 aromatic rings. The minimum Gasteiger partial charge on any atom is -0.298 e. The minimum absolute atomic E-state index is 0.0154. The molecule has 0 aliphatic heterocycles. The summed E-state index contributed by atoms with van der Waals surface area (Å²) in [6, 6.07) is 0. The van der Waals surface area contributed by atoms with E-state index < -0.39 is 0 Å². The van der Waals surface area contributed by atoms with Gasteiger partial charge in [-0.05, 0) is 19.4 Å². The van der Waals surface area contributed by atoms with Crippen molar-refractivity contribution in [1.82, 2.24) is 14.5 Å². The fourth-order valence-electron chi connectivity index (χ4n) is 1.87. The molecule has 3 aromatic heterocycles. The molecule has 0 amide bonds. The van der Waals surface area contributed by atoms with Crippen molar-refractivity contribution in [3.05, 3.63) is 42.7 Å². The molecule has 0 fully saturated rings. The Morgan fingerprint density at radius 2 is 2.16 bits per heavy atom. The summed E-state index contributed by atoms with van der Waals surface area (Å²) in [5, 5.41) is 3.14. The summed E-state index contributed by atoms with van der Waals surface area (Å²) in [5.74, 6) is 0.569. The zero-order valence-corrected chi connectivity index (χ0v) is 12.7. The number of halogens is 1. The van der Waals surface area contributed by atoms with Gasteiger partial charge in [-0.25, -0.2) is 9.97 Å². The smallest absolute Gasteiger partial charge is 0.298 e. The van der Waals surface area contributed by atoms with Crippen molar-refractivity contribution < 1.29 is 0 Å². The zero-order chi connectivity index (χ0) is 13.6. The zero-order valence-electron chi connectivity index (χ0n) is 10.3. The molecule has 0 aromatic carbocycles. The SMILES string of the molecule is Cc1sc2nc(Cn3ccsc3=O)nc(Cl)c2c1C. The van der Waals surface area contributed by atoms with Crippen LogP contribution in [0.4, 0.5) is 0 Å². The van der Waals surface area contributed by atoms with Crippen LogP contribution in [0.2, 0.25) is 5.15 Å². The molecule has 3 heterocycles. The van der Waals surface area contributed by atoms with Gasteiger partial charge in [-0.3, -0.25) is 9.36 Å². The average molecular weight is 312 g/mol. The van der Waals surface area contributed by atoms with Crippen LogP contribution >= 0.6 is 34.3 Å². The maximum atomic E-state index is 11.5. The summed E-state index contributed by atoms with van der Waals surface area (Å²) in [7, 11) is 0. The summed E-state index contributed by atoms with van der Waals surface area (Å²) < 4.78 is 1.58. The van der Waals surface area contributed by atoms with Gasteiger partial charge < -0.3 is 0 Å². The van der Waals surface area contributed by atoms with Crippen LogP contribution in [0.15, 0.2) is 16.4 Å². The molecule has 0 unspecified atom stereocenters. The molecule has 98 valence electrons. The molecule has 0 aliphatic rings. The van der Waals surface area contributed by atoms with Gasteiger partial charge in [0.25, 0.3) is 0 Å². The quantitative estimate of drug-likeness (QED) is 0.683. The number of hydrogen-bond acceptors (Lipinski definition) is 5. The highest BCUT2D eigenvalue weighted by Crippen LogP contribution is 2.32. The van der Waals surface area contributed by atoms with Gasteiger partial charge in [-0.1, -0.05) is 22.9 Å². The largest absolute Gasteiger partial charge is 0.307 e. The monoisotopic (exact) mass is 311 g/mol. The maximum Gasteiger partial charge on any atom is 0.307 e. The van der Waals surface area contributed by atoms with Crippen molar-refractivity contribution in [3.63, 3.8) is 0 Å². The Morgan fingerprint density at radius 3 is 2.84 bits per heavy atom. The Morgan fingerprint density at radius 1 is 1.37 bits per heavy atom. The number of rotatable bonds is 2. The van der Waals surface area contributed by atoms with Gasteiger partial charge in [0.05, 0.1) is 11.9 Å². The Hall–Kier alpha value is -1.24. The molecule has 0 radical (unpaired) electrons. The highest BCUT2D eigenvalue weighted by molar-refractivity contribution is 7.18.